The molecule has 6 heteroatoms. The molecule has 4 nitrogen and oxygen atoms in total. The maximum absolute atomic E-state index is 11.6. The number of anilines is 1. The molecule has 0 aliphatic heterocycles. The standard InChI is InChI=1S/C9H6ClN3OS/c10-9-13-12-8(15-9)7(14)11-6-4-2-1-3-5-6/h1-5H,(H,11,14). The van der Waals surface area contributed by atoms with E-state index in [0.717, 1.165) is 11.3 Å². The number of carbonyl (C=O) groups is 1. The first-order valence-corrected chi connectivity index (χ1v) is 5.30. The Hall–Kier alpha value is -1.46. The number of amides is 1. The average Bonchev–Trinajstić information content (AvgIpc) is 2.66. The Bertz CT molecular complexity index is 471. The zero-order valence-corrected chi connectivity index (χ0v) is 9.05. The van der Waals surface area contributed by atoms with Gasteiger partial charge in [0.05, 0.1) is 0 Å². The summed E-state index contributed by atoms with van der Waals surface area (Å²) in [5, 5.41) is 10.1. The summed E-state index contributed by atoms with van der Waals surface area (Å²) >= 11 is 6.62. The fourth-order valence-corrected chi connectivity index (χ4v) is 1.73. The van der Waals surface area contributed by atoms with Crippen LogP contribution in [0.2, 0.25) is 4.47 Å². The van der Waals surface area contributed by atoms with Gasteiger partial charge >= 0.3 is 0 Å². The Balaban J connectivity index is 2.11. The molecule has 0 aliphatic rings. The summed E-state index contributed by atoms with van der Waals surface area (Å²) in [5.41, 5.74) is 0.717. The summed E-state index contributed by atoms with van der Waals surface area (Å²) in [6.45, 7) is 0. The van der Waals surface area contributed by atoms with Crippen LogP contribution >= 0.6 is 22.9 Å². The van der Waals surface area contributed by atoms with Gasteiger partial charge in [-0.3, -0.25) is 4.79 Å². The Morgan fingerprint density at radius 2 is 2.00 bits per heavy atom. The number of nitrogens with one attached hydrogen (secondary N) is 1. The average molecular weight is 240 g/mol. The summed E-state index contributed by atoms with van der Waals surface area (Å²) in [6.07, 6.45) is 0. The van der Waals surface area contributed by atoms with Crippen molar-refractivity contribution in [1.82, 2.24) is 10.2 Å². The lowest BCUT2D eigenvalue weighted by molar-refractivity contribution is 0.102. The molecule has 76 valence electrons. The zero-order valence-electron chi connectivity index (χ0n) is 7.48. The number of halogens is 1. The lowest BCUT2D eigenvalue weighted by atomic mass is 10.3. The number of aromatic nitrogens is 2. The molecule has 2 rings (SSSR count). The second-order valence-corrected chi connectivity index (χ2v) is 4.24. The first-order chi connectivity index (χ1) is 7.25. The molecule has 0 saturated carbocycles. The third-order valence-electron chi connectivity index (χ3n) is 1.63. The maximum atomic E-state index is 11.6. The largest absolute Gasteiger partial charge is 0.320 e. The van der Waals surface area contributed by atoms with E-state index in [-0.39, 0.29) is 15.4 Å². The Kier molecular flexibility index (Phi) is 2.94. The van der Waals surface area contributed by atoms with Crippen LogP contribution in [-0.4, -0.2) is 16.1 Å². The fraction of sp³-hybridized carbons (Fsp3) is 0. The van der Waals surface area contributed by atoms with E-state index in [1.807, 2.05) is 18.2 Å². The summed E-state index contributed by atoms with van der Waals surface area (Å²) < 4.78 is 0.258. The zero-order chi connectivity index (χ0) is 10.7. The van der Waals surface area contributed by atoms with E-state index in [1.54, 1.807) is 12.1 Å². The molecule has 1 heterocycles. The van der Waals surface area contributed by atoms with Gasteiger partial charge in [-0.05, 0) is 23.7 Å². The number of hydrogen-bond donors (Lipinski definition) is 1. The molecule has 0 unspecified atom stereocenters. The predicted molar refractivity (Wildman–Crippen MR) is 59.3 cm³/mol. The minimum absolute atomic E-state index is 0.254. The molecule has 2 aromatic rings. The first-order valence-electron chi connectivity index (χ1n) is 4.11. The maximum Gasteiger partial charge on any atom is 0.286 e. The van der Waals surface area contributed by atoms with Crippen molar-refractivity contribution in [3.8, 4) is 0 Å². The summed E-state index contributed by atoms with van der Waals surface area (Å²) in [6, 6.07) is 9.13. The van der Waals surface area contributed by atoms with Crippen molar-refractivity contribution in [3.63, 3.8) is 0 Å². The molecule has 0 saturated heterocycles. The van der Waals surface area contributed by atoms with E-state index >= 15 is 0 Å². The van der Waals surface area contributed by atoms with Crippen LogP contribution in [-0.2, 0) is 0 Å². The van der Waals surface area contributed by atoms with Crippen molar-refractivity contribution < 1.29 is 4.79 Å². The topological polar surface area (TPSA) is 54.9 Å². The van der Waals surface area contributed by atoms with Crippen molar-refractivity contribution in [2.45, 2.75) is 0 Å². The van der Waals surface area contributed by atoms with Gasteiger partial charge in [0, 0.05) is 5.69 Å². The number of carbonyl (C=O) groups excluding carboxylic acids is 1. The van der Waals surface area contributed by atoms with Gasteiger partial charge in [-0.1, -0.05) is 29.5 Å². The van der Waals surface area contributed by atoms with Gasteiger partial charge in [-0.25, -0.2) is 0 Å². The predicted octanol–water partition coefficient (Wildman–Crippen LogP) is 2.44. The van der Waals surface area contributed by atoms with Crippen LogP contribution in [0, 0.1) is 0 Å². The first kappa shape index (κ1) is 10.1. The van der Waals surface area contributed by atoms with Gasteiger partial charge in [0.2, 0.25) is 9.47 Å². The Labute approximate surface area is 94.9 Å². The molecule has 1 N–H and O–H groups in total. The van der Waals surface area contributed by atoms with Crippen molar-refractivity contribution in [2.75, 3.05) is 5.32 Å². The minimum Gasteiger partial charge on any atom is -0.320 e. The van der Waals surface area contributed by atoms with Gasteiger partial charge in [0.25, 0.3) is 5.91 Å². The molecule has 1 amide bonds. The van der Waals surface area contributed by atoms with Crippen molar-refractivity contribution in [1.29, 1.82) is 0 Å². The number of nitrogens with zero attached hydrogens (tertiary/aromatic N) is 2. The molecular weight excluding hydrogens is 234 g/mol. The molecule has 0 bridgehead atoms. The number of rotatable bonds is 2. The Morgan fingerprint density at radius 3 is 2.60 bits per heavy atom. The second-order valence-electron chi connectivity index (χ2n) is 2.68. The van der Waals surface area contributed by atoms with E-state index < -0.39 is 0 Å². The number of para-hydroxylation sites is 1. The normalized spacial score (nSPS) is 9.93. The van der Waals surface area contributed by atoms with E-state index in [9.17, 15) is 4.79 Å². The van der Waals surface area contributed by atoms with Crippen molar-refractivity contribution in [3.05, 3.63) is 39.8 Å². The molecule has 0 spiro atoms. The third kappa shape index (κ3) is 2.51. The molecule has 1 aromatic heterocycles. The molecule has 0 radical (unpaired) electrons. The van der Waals surface area contributed by atoms with E-state index in [0.29, 0.717) is 5.69 Å². The van der Waals surface area contributed by atoms with Gasteiger partial charge in [0.1, 0.15) is 0 Å². The van der Waals surface area contributed by atoms with Gasteiger partial charge in [-0.2, -0.15) is 0 Å². The van der Waals surface area contributed by atoms with E-state index in [4.69, 9.17) is 11.6 Å². The summed E-state index contributed by atoms with van der Waals surface area (Å²) in [7, 11) is 0. The van der Waals surface area contributed by atoms with Gasteiger partial charge in [-0.15, -0.1) is 10.2 Å². The highest BCUT2D eigenvalue weighted by Gasteiger charge is 2.11. The van der Waals surface area contributed by atoms with Crippen LogP contribution in [0.3, 0.4) is 0 Å². The SMILES string of the molecule is O=C(Nc1ccccc1)c1nnc(Cl)s1. The summed E-state index contributed by atoms with van der Waals surface area (Å²) in [5.74, 6) is -0.300. The second kappa shape index (κ2) is 4.37. The highest BCUT2D eigenvalue weighted by Crippen LogP contribution is 2.16. The van der Waals surface area contributed by atoms with E-state index in [2.05, 4.69) is 15.5 Å². The van der Waals surface area contributed by atoms with Crippen LogP contribution in [0.25, 0.3) is 0 Å². The minimum atomic E-state index is -0.300. The quantitative estimate of drug-likeness (QED) is 0.876. The molecule has 1 aromatic carbocycles. The van der Waals surface area contributed by atoms with Gasteiger partial charge < -0.3 is 5.32 Å². The summed E-state index contributed by atoms with van der Waals surface area (Å²) in [4.78, 5) is 11.6. The third-order valence-corrected chi connectivity index (χ3v) is 2.64. The fourth-order valence-electron chi connectivity index (χ4n) is 1.00. The lowest BCUT2D eigenvalue weighted by Gasteiger charge is -2.00. The molecule has 15 heavy (non-hydrogen) atoms. The highest BCUT2D eigenvalue weighted by molar-refractivity contribution is 7.17. The molecule has 0 atom stereocenters. The van der Waals surface area contributed by atoms with Crippen LogP contribution < -0.4 is 5.32 Å². The highest BCUT2D eigenvalue weighted by atomic mass is 35.5. The van der Waals surface area contributed by atoms with Gasteiger partial charge in [0.15, 0.2) is 0 Å². The Morgan fingerprint density at radius 1 is 1.27 bits per heavy atom. The number of benzene rings is 1. The monoisotopic (exact) mass is 239 g/mol. The van der Waals surface area contributed by atoms with Crippen LogP contribution in [0.5, 0.6) is 0 Å². The molecular formula is C9H6ClN3OS. The van der Waals surface area contributed by atoms with Crippen LogP contribution in [0.1, 0.15) is 9.80 Å². The molecule has 0 aliphatic carbocycles. The van der Waals surface area contributed by atoms with Crippen molar-refractivity contribution in [2.24, 2.45) is 0 Å². The lowest BCUT2D eigenvalue weighted by Crippen LogP contribution is -2.11. The molecule has 0 fully saturated rings. The van der Waals surface area contributed by atoms with E-state index in [1.165, 1.54) is 0 Å². The smallest absolute Gasteiger partial charge is 0.286 e. The van der Waals surface area contributed by atoms with Crippen LogP contribution in [0.15, 0.2) is 30.3 Å². The number of hydrogen-bond acceptors (Lipinski definition) is 4. The van der Waals surface area contributed by atoms with Crippen LogP contribution in [0.4, 0.5) is 5.69 Å². The van der Waals surface area contributed by atoms with Crippen molar-refractivity contribution >= 4 is 34.5 Å².